The zero-order valence-corrected chi connectivity index (χ0v) is 22.0. The number of hydrogen-bond donors (Lipinski definition) is 0. The van der Waals surface area contributed by atoms with Crippen LogP contribution >= 0.6 is 0 Å². The highest BCUT2D eigenvalue weighted by atomic mass is 19.4. The van der Waals surface area contributed by atoms with Gasteiger partial charge in [0.2, 0.25) is 6.23 Å². The maximum atomic E-state index is 14.8. The lowest BCUT2D eigenvalue weighted by atomic mass is 9.99. The Kier molecular flexibility index (Phi) is 7.03. The third-order valence-electron chi connectivity index (χ3n) is 7.11. The van der Waals surface area contributed by atoms with E-state index in [1.165, 1.54) is 29.4 Å². The maximum absolute atomic E-state index is 14.8. The van der Waals surface area contributed by atoms with Gasteiger partial charge < -0.3 is 9.74 Å². The highest BCUT2D eigenvalue weighted by Gasteiger charge is 2.40. The lowest BCUT2D eigenvalue weighted by molar-refractivity contribution is -0.143. The van der Waals surface area contributed by atoms with Crippen LogP contribution in [-0.4, -0.2) is 15.7 Å². The van der Waals surface area contributed by atoms with Crippen LogP contribution in [0.4, 0.5) is 30.7 Å². The molecule has 0 aliphatic carbocycles. The fourth-order valence-electron chi connectivity index (χ4n) is 5.07. The summed E-state index contributed by atoms with van der Waals surface area (Å²) in [6.07, 6.45) is -8.66. The molecule has 11 heteroatoms. The van der Waals surface area contributed by atoms with Crippen molar-refractivity contribution in [2.24, 2.45) is 5.16 Å². The summed E-state index contributed by atoms with van der Waals surface area (Å²) in [7, 11) is 0. The van der Waals surface area contributed by atoms with Crippen molar-refractivity contribution in [1.29, 1.82) is 0 Å². The Bertz CT molecular complexity index is 1820. The van der Waals surface area contributed by atoms with Gasteiger partial charge in [0, 0.05) is 29.1 Å². The van der Waals surface area contributed by atoms with Crippen LogP contribution in [0.1, 0.15) is 34.0 Å². The second kappa shape index (κ2) is 10.7. The lowest BCUT2D eigenvalue weighted by Crippen LogP contribution is -2.31. The zero-order chi connectivity index (χ0) is 30.4. The third-order valence-corrected chi connectivity index (χ3v) is 7.11. The van der Waals surface area contributed by atoms with Gasteiger partial charge in [-0.1, -0.05) is 59.8 Å². The van der Waals surface area contributed by atoms with Crippen molar-refractivity contribution in [3.05, 3.63) is 137 Å². The first-order chi connectivity index (χ1) is 20.5. The topological polar surface area (TPSA) is 37.7 Å². The van der Waals surface area contributed by atoms with E-state index in [1.807, 2.05) is 30.3 Å². The molecular formula is C32H20F7N3O. The summed E-state index contributed by atoms with van der Waals surface area (Å²) in [5.74, 6) is -0.342. The predicted molar refractivity (Wildman–Crippen MR) is 146 cm³/mol. The van der Waals surface area contributed by atoms with Gasteiger partial charge in [0.1, 0.15) is 5.82 Å². The molecular weight excluding hydrogens is 575 g/mol. The number of aromatic nitrogens is 1. The summed E-state index contributed by atoms with van der Waals surface area (Å²) in [6.45, 7) is -0.134. The number of oxime groups is 1. The van der Waals surface area contributed by atoms with Gasteiger partial charge in [-0.05, 0) is 58.3 Å². The zero-order valence-electron chi connectivity index (χ0n) is 22.0. The van der Waals surface area contributed by atoms with Crippen molar-refractivity contribution in [2.75, 3.05) is 0 Å². The SMILES string of the molecule is Fc1ccccc1-c1ccncc1CN1C(c2ccc3ccccc3c2)=NOC1c1cc(C(F)(F)F)cc(C(F)(F)F)c1. The van der Waals surface area contributed by atoms with E-state index in [-0.39, 0.29) is 24.0 Å². The van der Waals surface area contributed by atoms with Gasteiger partial charge >= 0.3 is 12.4 Å². The van der Waals surface area contributed by atoms with Gasteiger partial charge in [-0.25, -0.2) is 4.39 Å². The highest BCUT2D eigenvalue weighted by molar-refractivity contribution is 6.02. The van der Waals surface area contributed by atoms with E-state index in [1.54, 1.807) is 30.3 Å². The number of pyridine rings is 1. The van der Waals surface area contributed by atoms with Crippen molar-refractivity contribution >= 4 is 16.6 Å². The summed E-state index contributed by atoms with van der Waals surface area (Å²) in [4.78, 5) is 11.2. The summed E-state index contributed by atoms with van der Waals surface area (Å²) >= 11 is 0. The van der Waals surface area contributed by atoms with Crippen molar-refractivity contribution in [2.45, 2.75) is 25.1 Å². The quantitative estimate of drug-likeness (QED) is 0.190. The number of rotatable bonds is 5. The molecule has 4 aromatic carbocycles. The van der Waals surface area contributed by atoms with Crippen molar-refractivity contribution in [3.8, 4) is 11.1 Å². The molecule has 1 aliphatic heterocycles. The Morgan fingerprint density at radius 1 is 0.721 bits per heavy atom. The molecule has 0 saturated heterocycles. The second-order valence-corrected chi connectivity index (χ2v) is 9.91. The number of alkyl halides is 6. The van der Waals surface area contributed by atoms with Crippen molar-refractivity contribution in [1.82, 2.24) is 9.88 Å². The Balaban J connectivity index is 1.49. The molecule has 5 aromatic rings. The van der Waals surface area contributed by atoms with E-state index in [0.29, 0.717) is 28.8 Å². The van der Waals surface area contributed by atoms with Gasteiger partial charge in [0.25, 0.3) is 0 Å². The maximum Gasteiger partial charge on any atom is 0.416 e. The van der Waals surface area contributed by atoms with E-state index in [0.717, 1.165) is 10.8 Å². The molecule has 0 radical (unpaired) electrons. The second-order valence-electron chi connectivity index (χ2n) is 9.91. The lowest BCUT2D eigenvalue weighted by Gasteiger charge is -2.27. The molecule has 0 amide bonds. The van der Waals surface area contributed by atoms with Crippen LogP contribution in [-0.2, 0) is 23.7 Å². The van der Waals surface area contributed by atoms with E-state index < -0.39 is 41.1 Å². The largest absolute Gasteiger partial charge is 0.416 e. The van der Waals surface area contributed by atoms with E-state index >= 15 is 0 Å². The standard InChI is InChI=1S/C32H20F7N3O/c33-28-8-4-3-7-27(28)26-11-12-40-17-23(26)18-42-29(21-10-9-19-5-1-2-6-20(19)13-21)41-43-30(42)22-14-24(31(34,35)36)16-25(15-22)32(37,38)39/h1-17,30H,18H2. The molecule has 0 saturated carbocycles. The molecule has 1 aromatic heterocycles. The Hall–Kier alpha value is -4.93. The molecule has 2 heterocycles. The van der Waals surface area contributed by atoms with E-state index in [2.05, 4.69) is 10.1 Å². The van der Waals surface area contributed by atoms with Crippen LogP contribution < -0.4 is 0 Å². The first kappa shape index (κ1) is 28.2. The minimum atomic E-state index is -5.05. The molecule has 0 bridgehead atoms. The molecule has 0 fully saturated rings. The minimum Gasteiger partial charge on any atom is -0.363 e. The smallest absolute Gasteiger partial charge is 0.363 e. The normalized spacial score (nSPS) is 15.5. The molecule has 0 spiro atoms. The minimum absolute atomic E-state index is 0.0608. The van der Waals surface area contributed by atoms with Crippen LogP contribution in [0.15, 0.2) is 109 Å². The third kappa shape index (κ3) is 5.62. The average Bonchev–Trinajstić information content (AvgIpc) is 3.40. The van der Waals surface area contributed by atoms with E-state index in [9.17, 15) is 30.7 Å². The summed E-state index contributed by atoms with van der Waals surface area (Å²) in [5.41, 5.74) is -1.71. The molecule has 1 aliphatic rings. The molecule has 43 heavy (non-hydrogen) atoms. The number of hydrogen-bond acceptors (Lipinski definition) is 4. The van der Waals surface area contributed by atoms with Crippen LogP contribution in [0.2, 0.25) is 0 Å². The van der Waals surface area contributed by atoms with Gasteiger partial charge in [-0.2, -0.15) is 26.3 Å². The molecule has 0 N–H and O–H groups in total. The number of halogens is 7. The Morgan fingerprint density at radius 3 is 2.09 bits per heavy atom. The fraction of sp³-hybridized carbons (Fsp3) is 0.125. The van der Waals surface area contributed by atoms with Gasteiger partial charge in [-0.15, -0.1) is 0 Å². The first-order valence-corrected chi connectivity index (χ1v) is 13.0. The monoisotopic (exact) mass is 595 g/mol. The van der Waals surface area contributed by atoms with Gasteiger partial charge in [-0.3, -0.25) is 4.98 Å². The summed E-state index contributed by atoms with van der Waals surface area (Å²) in [6, 6.07) is 21.7. The first-order valence-electron chi connectivity index (χ1n) is 13.0. The van der Waals surface area contributed by atoms with Crippen LogP contribution in [0.25, 0.3) is 21.9 Å². The number of fused-ring (bicyclic) bond motifs is 1. The molecule has 6 rings (SSSR count). The van der Waals surface area contributed by atoms with Crippen LogP contribution in [0.5, 0.6) is 0 Å². The number of nitrogens with zero attached hydrogens (tertiary/aromatic N) is 3. The Labute approximate surface area is 240 Å². The summed E-state index contributed by atoms with van der Waals surface area (Å²) in [5, 5.41) is 5.88. The molecule has 1 atom stereocenters. The van der Waals surface area contributed by atoms with Crippen LogP contribution in [0.3, 0.4) is 0 Å². The summed E-state index contributed by atoms with van der Waals surface area (Å²) < 4.78 is 97.3. The van der Waals surface area contributed by atoms with Gasteiger partial charge in [0.15, 0.2) is 5.84 Å². The van der Waals surface area contributed by atoms with Crippen molar-refractivity contribution in [3.63, 3.8) is 0 Å². The van der Waals surface area contributed by atoms with Crippen LogP contribution in [0, 0.1) is 5.82 Å². The molecule has 4 nitrogen and oxygen atoms in total. The Morgan fingerprint density at radius 2 is 1.40 bits per heavy atom. The predicted octanol–water partition coefficient (Wildman–Crippen LogP) is 8.97. The number of amidine groups is 1. The van der Waals surface area contributed by atoms with Crippen molar-refractivity contribution < 1.29 is 35.6 Å². The van der Waals surface area contributed by atoms with E-state index in [4.69, 9.17) is 4.84 Å². The van der Waals surface area contributed by atoms with Gasteiger partial charge in [0.05, 0.1) is 17.7 Å². The molecule has 1 unspecified atom stereocenters. The highest BCUT2D eigenvalue weighted by Crippen LogP contribution is 2.41. The average molecular weight is 596 g/mol. The fourth-order valence-corrected chi connectivity index (χ4v) is 5.07. The number of benzene rings is 4. The molecule has 218 valence electrons.